The van der Waals surface area contributed by atoms with Gasteiger partial charge in [0.15, 0.2) is 5.11 Å². The zero-order valence-corrected chi connectivity index (χ0v) is 19.0. The lowest BCUT2D eigenvalue weighted by Crippen LogP contribution is -2.52. The second-order valence-electron chi connectivity index (χ2n) is 7.65. The first-order chi connectivity index (χ1) is 14.3. The first-order valence-corrected chi connectivity index (χ1v) is 10.8. The summed E-state index contributed by atoms with van der Waals surface area (Å²) in [6.07, 6.45) is 1.39. The van der Waals surface area contributed by atoms with Crippen molar-refractivity contribution in [1.29, 1.82) is 0 Å². The predicted molar refractivity (Wildman–Crippen MR) is 123 cm³/mol. The molecule has 0 aliphatic carbocycles. The number of benzene rings is 2. The fourth-order valence-corrected chi connectivity index (χ4v) is 3.50. The summed E-state index contributed by atoms with van der Waals surface area (Å²) in [4.78, 5) is 13.7. The highest BCUT2D eigenvalue weighted by Gasteiger charge is 2.24. The van der Waals surface area contributed by atoms with Crippen molar-refractivity contribution in [3.8, 4) is 5.75 Å². The third kappa shape index (κ3) is 7.02. The van der Waals surface area contributed by atoms with E-state index in [-0.39, 0.29) is 5.92 Å². The van der Waals surface area contributed by atoms with Crippen molar-refractivity contribution in [2.75, 3.05) is 11.9 Å². The number of aliphatic carboxylic acids is 1. The van der Waals surface area contributed by atoms with Crippen LogP contribution in [0.4, 0.5) is 5.69 Å². The summed E-state index contributed by atoms with van der Waals surface area (Å²) in [6, 6.07) is 14.8. The molecule has 6 heteroatoms. The zero-order chi connectivity index (χ0) is 22.1. The van der Waals surface area contributed by atoms with Gasteiger partial charge in [0.05, 0.1) is 18.6 Å². The molecule has 0 heterocycles. The van der Waals surface area contributed by atoms with E-state index in [0.717, 1.165) is 23.4 Å². The Hall–Kier alpha value is -2.60. The molecule has 162 valence electrons. The van der Waals surface area contributed by atoms with Gasteiger partial charge in [-0.3, -0.25) is 0 Å². The van der Waals surface area contributed by atoms with E-state index in [2.05, 4.69) is 12.2 Å². The molecule has 30 heavy (non-hydrogen) atoms. The number of carbonyl (C=O) groups is 1. The Morgan fingerprint density at radius 3 is 2.17 bits per heavy atom. The van der Waals surface area contributed by atoms with Crippen LogP contribution in [0.25, 0.3) is 0 Å². The molecule has 2 rings (SSSR count). The van der Waals surface area contributed by atoms with Gasteiger partial charge in [-0.05, 0) is 73.3 Å². The van der Waals surface area contributed by atoms with Gasteiger partial charge in [0, 0.05) is 12.2 Å². The van der Waals surface area contributed by atoms with Crippen LogP contribution in [0, 0.1) is 5.92 Å². The molecule has 0 saturated carbocycles. The quantitative estimate of drug-likeness (QED) is 0.578. The SMILES string of the molecule is CCOc1ccc(CN(C(=S)Nc2ccc(CC)cc2)C(CC(C)C)C(=O)[O-])cc1. The van der Waals surface area contributed by atoms with E-state index in [0.29, 0.717) is 24.7 Å². The normalized spacial score (nSPS) is 11.8. The number of rotatable bonds is 10. The van der Waals surface area contributed by atoms with Crippen molar-refractivity contribution >= 4 is 29.0 Å². The van der Waals surface area contributed by atoms with E-state index in [4.69, 9.17) is 17.0 Å². The molecule has 2 aromatic carbocycles. The van der Waals surface area contributed by atoms with E-state index < -0.39 is 12.0 Å². The molecule has 5 nitrogen and oxygen atoms in total. The summed E-state index contributed by atoms with van der Waals surface area (Å²) in [5.74, 6) is -0.161. The minimum atomic E-state index is -1.12. The van der Waals surface area contributed by atoms with Gasteiger partial charge in [0.1, 0.15) is 5.75 Å². The molecule has 0 spiro atoms. The van der Waals surface area contributed by atoms with E-state index in [1.165, 1.54) is 5.56 Å². The van der Waals surface area contributed by atoms with Crippen molar-refractivity contribution < 1.29 is 14.6 Å². The van der Waals surface area contributed by atoms with Crippen LogP contribution in [-0.4, -0.2) is 28.6 Å². The lowest BCUT2D eigenvalue weighted by atomic mass is 10.0. The van der Waals surface area contributed by atoms with E-state index in [9.17, 15) is 9.90 Å². The second-order valence-corrected chi connectivity index (χ2v) is 8.04. The molecule has 0 amide bonds. The van der Waals surface area contributed by atoms with Crippen LogP contribution in [0.2, 0.25) is 0 Å². The van der Waals surface area contributed by atoms with Gasteiger partial charge in [0.25, 0.3) is 0 Å². The Balaban J connectivity index is 2.26. The number of carboxylic acids is 1. The van der Waals surface area contributed by atoms with Crippen LogP contribution >= 0.6 is 12.2 Å². The maximum absolute atomic E-state index is 12.0. The maximum Gasteiger partial charge on any atom is 0.174 e. The van der Waals surface area contributed by atoms with Crippen molar-refractivity contribution in [1.82, 2.24) is 4.90 Å². The lowest BCUT2D eigenvalue weighted by molar-refractivity contribution is -0.311. The third-order valence-corrected chi connectivity index (χ3v) is 5.14. The molecule has 0 saturated heterocycles. The number of anilines is 1. The van der Waals surface area contributed by atoms with Crippen molar-refractivity contribution in [3.05, 3.63) is 59.7 Å². The fraction of sp³-hybridized carbons (Fsp3) is 0.417. The number of carboxylic acid groups (broad SMARTS) is 1. The zero-order valence-electron chi connectivity index (χ0n) is 18.2. The third-order valence-electron chi connectivity index (χ3n) is 4.80. The Morgan fingerprint density at radius 2 is 1.67 bits per heavy atom. The molecule has 0 aromatic heterocycles. The number of thiocarbonyl (C=S) groups is 1. The Bertz CT molecular complexity index is 819. The molecule has 1 atom stereocenters. The van der Waals surface area contributed by atoms with Gasteiger partial charge in [0.2, 0.25) is 0 Å². The van der Waals surface area contributed by atoms with Gasteiger partial charge in [-0.15, -0.1) is 0 Å². The Kier molecular flexibility index (Phi) is 9.12. The minimum Gasteiger partial charge on any atom is -0.548 e. The van der Waals surface area contributed by atoms with Crippen molar-refractivity contribution in [3.63, 3.8) is 0 Å². The minimum absolute atomic E-state index is 0.183. The highest BCUT2D eigenvalue weighted by Crippen LogP contribution is 2.20. The van der Waals surface area contributed by atoms with E-state index in [1.54, 1.807) is 4.90 Å². The van der Waals surface area contributed by atoms with Gasteiger partial charge in [-0.2, -0.15) is 0 Å². The van der Waals surface area contributed by atoms with Crippen LogP contribution in [0.5, 0.6) is 5.75 Å². The molecule has 0 aliphatic rings. The first kappa shape index (κ1) is 23.7. The molecule has 1 unspecified atom stereocenters. The average molecular weight is 428 g/mol. The Labute approximate surface area is 185 Å². The molecule has 0 bridgehead atoms. The summed E-state index contributed by atoms with van der Waals surface area (Å²) in [6.45, 7) is 8.97. The standard InChI is InChI=1S/C24H32N2O3S/c1-5-18-7-11-20(12-8-18)25-24(30)26(22(23(27)28)15-17(3)4)16-19-9-13-21(14-10-19)29-6-2/h7-14,17,22H,5-6,15-16H2,1-4H3,(H,25,30)(H,27,28)/p-1. The maximum atomic E-state index is 12.0. The molecule has 1 N–H and O–H groups in total. The van der Waals surface area contributed by atoms with Crippen molar-refractivity contribution in [2.45, 2.75) is 53.1 Å². The van der Waals surface area contributed by atoms with Crippen LogP contribution in [0.15, 0.2) is 48.5 Å². The number of ether oxygens (including phenoxy) is 1. The number of aryl methyl sites for hydroxylation is 1. The van der Waals surface area contributed by atoms with Crippen LogP contribution in [0.3, 0.4) is 0 Å². The van der Waals surface area contributed by atoms with Gasteiger partial charge in [-0.25, -0.2) is 0 Å². The van der Waals surface area contributed by atoms with E-state index in [1.807, 2.05) is 69.3 Å². The number of hydrogen-bond donors (Lipinski definition) is 1. The topological polar surface area (TPSA) is 64.6 Å². The molecule has 0 radical (unpaired) electrons. The Morgan fingerprint density at radius 1 is 1.07 bits per heavy atom. The van der Waals surface area contributed by atoms with Gasteiger partial charge >= 0.3 is 0 Å². The van der Waals surface area contributed by atoms with Crippen LogP contribution in [-0.2, 0) is 17.8 Å². The van der Waals surface area contributed by atoms with Gasteiger partial charge in [-0.1, -0.05) is 45.0 Å². The highest BCUT2D eigenvalue weighted by atomic mass is 32.1. The predicted octanol–water partition coefficient (Wildman–Crippen LogP) is 4.01. The summed E-state index contributed by atoms with van der Waals surface area (Å²) in [5, 5.41) is 15.5. The highest BCUT2D eigenvalue weighted by molar-refractivity contribution is 7.80. The first-order valence-electron chi connectivity index (χ1n) is 10.4. The van der Waals surface area contributed by atoms with Crippen molar-refractivity contribution in [2.24, 2.45) is 5.92 Å². The average Bonchev–Trinajstić information content (AvgIpc) is 2.72. The summed E-state index contributed by atoms with van der Waals surface area (Å²) in [5.41, 5.74) is 3.00. The molecular formula is C24H31N2O3S-. The summed E-state index contributed by atoms with van der Waals surface area (Å²) >= 11 is 5.63. The van der Waals surface area contributed by atoms with E-state index >= 15 is 0 Å². The number of nitrogens with one attached hydrogen (secondary N) is 1. The van der Waals surface area contributed by atoms with Crippen LogP contribution < -0.4 is 15.2 Å². The fourth-order valence-electron chi connectivity index (χ4n) is 3.19. The monoisotopic (exact) mass is 427 g/mol. The second kappa shape index (κ2) is 11.6. The smallest absolute Gasteiger partial charge is 0.174 e. The molecule has 0 aliphatic heterocycles. The lowest BCUT2D eigenvalue weighted by Gasteiger charge is -2.36. The number of hydrogen-bond acceptors (Lipinski definition) is 4. The molecule has 0 fully saturated rings. The van der Waals surface area contributed by atoms with Gasteiger partial charge < -0.3 is 24.9 Å². The van der Waals surface area contributed by atoms with Crippen LogP contribution in [0.1, 0.15) is 45.2 Å². The molecular weight excluding hydrogens is 396 g/mol. The summed E-state index contributed by atoms with van der Waals surface area (Å²) < 4.78 is 5.49. The molecule has 2 aromatic rings. The number of carbonyl (C=O) groups excluding carboxylic acids is 1. The number of nitrogens with zero attached hydrogens (tertiary/aromatic N) is 1. The largest absolute Gasteiger partial charge is 0.548 e. The summed E-state index contributed by atoms with van der Waals surface area (Å²) in [7, 11) is 0.